The average molecular weight is 612 g/mol. The van der Waals surface area contributed by atoms with Crippen LogP contribution in [0.15, 0.2) is 71.7 Å². The van der Waals surface area contributed by atoms with Gasteiger partial charge in [0.15, 0.2) is 0 Å². The van der Waals surface area contributed by atoms with Crippen LogP contribution in [0.5, 0.6) is 0 Å². The van der Waals surface area contributed by atoms with Gasteiger partial charge < -0.3 is 20.3 Å². The standard InChI is InChI=1S/C32H33F4N5O3/c1-31(2,3)19-27(42)44-29-25-17-20(28(37)43)7-12-26(25)38-30(41(29)24-6-4-5-21(18-24)32(34,35)36)40-15-13-39(14-16-40)23-10-8-22(33)9-11-23/h4-12,17-18,29H,13-16,19H2,1-3H3,(H2,37,43). The summed E-state index contributed by atoms with van der Waals surface area (Å²) >= 11 is 0. The number of anilines is 2. The lowest BCUT2D eigenvalue weighted by molar-refractivity contribution is -0.151. The van der Waals surface area contributed by atoms with Gasteiger partial charge in [0.1, 0.15) is 5.82 Å². The fourth-order valence-electron chi connectivity index (χ4n) is 5.25. The van der Waals surface area contributed by atoms with Crippen molar-refractivity contribution in [3.63, 3.8) is 0 Å². The number of guanidine groups is 1. The van der Waals surface area contributed by atoms with Gasteiger partial charge in [0.2, 0.25) is 18.1 Å². The highest BCUT2D eigenvalue weighted by atomic mass is 19.4. The van der Waals surface area contributed by atoms with Crippen LogP contribution in [0, 0.1) is 11.2 Å². The third-order valence-corrected chi connectivity index (χ3v) is 7.37. The smallest absolute Gasteiger partial charge is 0.416 e. The third kappa shape index (κ3) is 6.79. The molecule has 44 heavy (non-hydrogen) atoms. The van der Waals surface area contributed by atoms with E-state index in [0.717, 1.165) is 17.8 Å². The number of hydrogen-bond acceptors (Lipinski definition) is 7. The lowest BCUT2D eigenvalue weighted by Gasteiger charge is -2.44. The number of benzene rings is 3. The summed E-state index contributed by atoms with van der Waals surface area (Å²) in [5.74, 6) is -1.34. The number of primary amides is 1. The van der Waals surface area contributed by atoms with Crippen molar-refractivity contribution in [2.24, 2.45) is 16.1 Å². The molecular formula is C32H33F4N5O3. The van der Waals surface area contributed by atoms with Gasteiger partial charge in [-0.25, -0.2) is 9.38 Å². The monoisotopic (exact) mass is 611 g/mol. The lowest BCUT2D eigenvalue weighted by atomic mass is 9.92. The molecule has 0 aliphatic carbocycles. The van der Waals surface area contributed by atoms with E-state index in [4.69, 9.17) is 15.5 Å². The van der Waals surface area contributed by atoms with E-state index in [9.17, 15) is 27.2 Å². The Hall–Kier alpha value is -4.61. The van der Waals surface area contributed by atoms with Gasteiger partial charge in [-0.1, -0.05) is 26.8 Å². The average Bonchev–Trinajstić information content (AvgIpc) is 2.96. The van der Waals surface area contributed by atoms with Gasteiger partial charge in [0, 0.05) is 48.7 Å². The minimum Gasteiger partial charge on any atom is -0.437 e. The largest absolute Gasteiger partial charge is 0.437 e. The molecule has 3 aromatic rings. The molecular weight excluding hydrogens is 578 g/mol. The highest BCUT2D eigenvalue weighted by molar-refractivity contribution is 6.01. The summed E-state index contributed by atoms with van der Waals surface area (Å²) in [5.41, 5.74) is 6.01. The van der Waals surface area contributed by atoms with Gasteiger partial charge >= 0.3 is 12.1 Å². The van der Waals surface area contributed by atoms with Crippen LogP contribution in [-0.2, 0) is 15.7 Å². The number of hydrogen-bond donors (Lipinski definition) is 1. The first-order chi connectivity index (χ1) is 20.7. The van der Waals surface area contributed by atoms with Crippen molar-refractivity contribution in [3.05, 3.63) is 89.2 Å². The summed E-state index contributed by atoms with van der Waals surface area (Å²) < 4.78 is 61.1. The Morgan fingerprint density at radius 1 is 0.909 bits per heavy atom. The predicted octanol–water partition coefficient (Wildman–Crippen LogP) is 6.25. The number of piperazine rings is 1. The molecule has 8 nitrogen and oxygen atoms in total. The van der Waals surface area contributed by atoms with E-state index in [1.807, 2.05) is 25.7 Å². The molecule has 232 valence electrons. The molecule has 1 unspecified atom stereocenters. The minimum absolute atomic E-state index is 0.0353. The number of nitrogens with two attached hydrogens (primary N) is 1. The SMILES string of the molecule is CC(C)(C)CC(=O)OC1c2cc(C(N)=O)ccc2N=C(N2CCN(c3ccc(F)cc3)CC2)N1c1cccc(C(F)(F)F)c1. The second kappa shape index (κ2) is 11.8. The summed E-state index contributed by atoms with van der Waals surface area (Å²) in [6.07, 6.45) is -5.84. The Balaban J connectivity index is 1.60. The maximum atomic E-state index is 13.9. The number of alkyl halides is 3. The van der Waals surface area contributed by atoms with Crippen molar-refractivity contribution in [1.29, 1.82) is 0 Å². The lowest BCUT2D eigenvalue weighted by Crippen LogP contribution is -2.55. The Morgan fingerprint density at radius 2 is 1.57 bits per heavy atom. The minimum atomic E-state index is -4.63. The Bertz CT molecular complexity index is 1580. The van der Waals surface area contributed by atoms with E-state index >= 15 is 0 Å². The molecule has 0 spiro atoms. The number of esters is 1. The molecule has 2 aliphatic heterocycles. The second-order valence-electron chi connectivity index (χ2n) is 12.0. The predicted molar refractivity (Wildman–Crippen MR) is 159 cm³/mol. The quantitative estimate of drug-likeness (QED) is 0.271. The van der Waals surface area contributed by atoms with Crippen LogP contribution in [-0.4, -0.2) is 48.9 Å². The number of carbonyl (C=O) groups excluding carboxylic acids is 2. The van der Waals surface area contributed by atoms with Crippen LogP contribution in [0.1, 0.15) is 54.9 Å². The zero-order valence-corrected chi connectivity index (χ0v) is 24.6. The number of aliphatic imine (C=N–C) groups is 1. The van der Waals surface area contributed by atoms with E-state index in [2.05, 4.69) is 4.90 Å². The fraction of sp³-hybridized carbons (Fsp3) is 0.344. The van der Waals surface area contributed by atoms with Crippen molar-refractivity contribution >= 4 is 34.9 Å². The molecule has 0 aromatic heterocycles. The molecule has 1 amide bonds. The van der Waals surface area contributed by atoms with Crippen LogP contribution in [0.3, 0.4) is 0 Å². The maximum absolute atomic E-state index is 13.9. The van der Waals surface area contributed by atoms with Crippen LogP contribution in [0.4, 0.5) is 34.6 Å². The zero-order chi connectivity index (χ0) is 31.8. The Kier molecular flexibility index (Phi) is 8.28. The molecule has 0 radical (unpaired) electrons. The number of amides is 1. The highest BCUT2D eigenvalue weighted by Gasteiger charge is 2.40. The van der Waals surface area contributed by atoms with Crippen molar-refractivity contribution in [3.8, 4) is 0 Å². The molecule has 1 saturated heterocycles. The molecule has 2 heterocycles. The number of halogens is 4. The Labute approximate surface area is 252 Å². The summed E-state index contributed by atoms with van der Waals surface area (Å²) in [6, 6.07) is 15.4. The number of rotatable bonds is 5. The molecule has 1 fully saturated rings. The topological polar surface area (TPSA) is 91.5 Å². The van der Waals surface area contributed by atoms with E-state index < -0.39 is 35.3 Å². The van der Waals surface area contributed by atoms with E-state index in [1.165, 1.54) is 41.3 Å². The van der Waals surface area contributed by atoms with Gasteiger partial charge in [-0.3, -0.25) is 14.5 Å². The summed E-state index contributed by atoms with van der Waals surface area (Å²) in [6.45, 7) is 7.48. The van der Waals surface area contributed by atoms with Crippen LogP contribution >= 0.6 is 0 Å². The van der Waals surface area contributed by atoms with E-state index in [1.54, 1.807) is 18.2 Å². The molecule has 2 N–H and O–H groups in total. The normalized spacial score (nSPS) is 17.2. The molecule has 0 bridgehead atoms. The first-order valence-electron chi connectivity index (χ1n) is 14.1. The van der Waals surface area contributed by atoms with Gasteiger partial charge in [-0.05, 0) is 66.1 Å². The van der Waals surface area contributed by atoms with Crippen LogP contribution in [0.2, 0.25) is 0 Å². The number of fused-ring (bicyclic) bond motifs is 1. The second-order valence-corrected chi connectivity index (χ2v) is 12.0. The fourth-order valence-corrected chi connectivity index (χ4v) is 5.25. The Morgan fingerprint density at radius 3 is 2.18 bits per heavy atom. The molecule has 1 atom stereocenters. The maximum Gasteiger partial charge on any atom is 0.416 e. The summed E-state index contributed by atoms with van der Waals surface area (Å²) in [7, 11) is 0. The van der Waals surface area contributed by atoms with E-state index in [0.29, 0.717) is 37.4 Å². The van der Waals surface area contributed by atoms with Crippen LogP contribution < -0.4 is 15.5 Å². The number of nitrogens with zero attached hydrogens (tertiary/aromatic N) is 4. The number of ether oxygens (including phenoxy) is 1. The molecule has 2 aliphatic rings. The molecule has 0 saturated carbocycles. The van der Waals surface area contributed by atoms with Crippen molar-refractivity contribution in [1.82, 2.24) is 4.90 Å². The van der Waals surface area contributed by atoms with Gasteiger partial charge in [0.05, 0.1) is 17.7 Å². The van der Waals surface area contributed by atoms with Gasteiger partial charge in [-0.15, -0.1) is 0 Å². The zero-order valence-electron chi connectivity index (χ0n) is 24.6. The molecule has 5 rings (SSSR count). The summed E-state index contributed by atoms with van der Waals surface area (Å²) in [5, 5.41) is 0. The van der Waals surface area contributed by atoms with Crippen molar-refractivity contribution in [2.45, 2.75) is 39.6 Å². The van der Waals surface area contributed by atoms with Crippen molar-refractivity contribution < 1.29 is 31.9 Å². The number of carbonyl (C=O) groups is 2. The van der Waals surface area contributed by atoms with Crippen molar-refractivity contribution in [2.75, 3.05) is 36.0 Å². The first-order valence-corrected chi connectivity index (χ1v) is 14.1. The van der Waals surface area contributed by atoms with Crippen LogP contribution in [0.25, 0.3) is 0 Å². The van der Waals surface area contributed by atoms with Gasteiger partial charge in [-0.2, -0.15) is 13.2 Å². The van der Waals surface area contributed by atoms with Gasteiger partial charge in [0.25, 0.3) is 0 Å². The first kappa shape index (κ1) is 30.8. The third-order valence-electron chi connectivity index (χ3n) is 7.37. The highest BCUT2D eigenvalue weighted by Crippen LogP contribution is 2.42. The summed E-state index contributed by atoms with van der Waals surface area (Å²) in [4.78, 5) is 35.6. The molecule has 3 aromatic carbocycles. The molecule has 12 heteroatoms. The van der Waals surface area contributed by atoms with E-state index in [-0.39, 0.29) is 29.4 Å².